The van der Waals surface area contributed by atoms with Crippen LogP contribution >= 0.6 is 0 Å². The number of alkyl carbamates (subject to hydrolysis) is 1. The van der Waals surface area contributed by atoms with Gasteiger partial charge in [-0.2, -0.15) is 0 Å². The van der Waals surface area contributed by atoms with E-state index < -0.39 is 27.6 Å². The van der Waals surface area contributed by atoms with Crippen LogP contribution in [0.1, 0.15) is 32.8 Å². The number of amides is 2. The molecule has 2 amide bonds. The Morgan fingerprint density at radius 1 is 1.17 bits per heavy atom. The maximum atomic E-state index is 12.1. The van der Waals surface area contributed by atoms with Crippen LogP contribution in [0.4, 0.5) is 4.79 Å². The van der Waals surface area contributed by atoms with E-state index in [4.69, 9.17) is 4.74 Å². The second kappa shape index (κ2) is 7.45. The summed E-state index contributed by atoms with van der Waals surface area (Å²) in [5, 5.41) is 2.39. The van der Waals surface area contributed by atoms with E-state index in [0.29, 0.717) is 5.56 Å². The molecule has 0 atom stereocenters. The zero-order valence-electron chi connectivity index (χ0n) is 13.7. The number of rotatable bonds is 5. The Morgan fingerprint density at radius 3 is 2.35 bits per heavy atom. The van der Waals surface area contributed by atoms with Crippen molar-refractivity contribution in [3.63, 3.8) is 0 Å². The predicted molar refractivity (Wildman–Crippen MR) is 85.4 cm³/mol. The first kappa shape index (κ1) is 19.0. The largest absolute Gasteiger partial charge is 0.444 e. The minimum Gasteiger partial charge on any atom is -0.444 e. The molecule has 0 heterocycles. The van der Waals surface area contributed by atoms with Gasteiger partial charge in [0.15, 0.2) is 0 Å². The molecule has 8 heteroatoms. The van der Waals surface area contributed by atoms with Gasteiger partial charge in [-0.3, -0.25) is 4.79 Å². The predicted octanol–water partition coefficient (Wildman–Crippen LogP) is 1.71. The average molecular weight is 342 g/mol. The zero-order chi connectivity index (χ0) is 17.7. The van der Waals surface area contributed by atoms with Gasteiger partial charge in [0, 0.05) is 13.0 Å². The summed E-state index contributed by atoms with van der Waals surface area (Å²) < 4.78 is 31.2. The molecular weight excluding hydrogens is 320 g/mol. The van der Waals surface area contributed by atoms with Crippen LogP contribution in [0.5, 0.6) is 0 Å². The van der Waals surface area contributed by atoms with Crippen molar-refractivity contribution in [2.24, 2.45) is 0 Å². The molecule has 23 heavy (non-hydrogen) atoms. The van der Waals surface area contributed by atoms with Gasteiger partial charge in [-0.25, -0.2) is 17.9 Å². The molecule has 0 aliphatic carbocycles. The van der Waals surface area contributed by atoms with Crippen molar-refractivity contribution < 1.29 is 22.7 Å². The number of hydrogen-bond acceptors (Lipinski definition) is 5. The lowest BCUT2D eigenvalue weighted by Crippen LogP contribution is -2.36. The van der Waals surface area contributed by atoms with E-state index in [1.54, 1.807) is 45.9 Å². The third-order valence-electron chi connectivity index (χ3n) is 2.65. The molecule has 1 aromatic carbocycles. The quantitative estimate of drug-likeness (QED) is 0.848. The standard InChI is InChI=1S/C15H22N2O5S/c1-11-7-5-6-8-12(11)23(20,21)17-13(18)9-10-16-14(19)22-15(2,3)4/h5-8H,9-10H2,1-4H3,(H,16,19)(H,17,18). The van der Waals surface area contributed by atoms with Crippen LogP contribution < -0.4 is 10.0 Å². The number of carbonyl (C=O) groups excluding carboxylic acids is 2. The lowest BCUT2D eigenvalue weighted by Gasteiger charge is -2.19. The Balaban J connectivity index is 2.51. The fourth-order valence-electron chi connectivity index (χ4n) is 1.71. The molecule has 0 unspecified atom stereocenters. The first-order valence-electron chi connectivity index (χ1n) is 7.09. The highest BCUT2D eigenvalue weighted by Crippen LogP contribution is 2.13. The first-order valence-corrected chi connectivity index (χ1v) is 8.58. The highest BCUT2D eigenvalue weighted by atomic mass is 32.2. The third-order valence-corrected chi connectivity index (χ3v) is 4.19. The Hall–Kier alpha value is -2.09. The lowest BCUT2D eigenvalue weighted by atomic mass is 10.2. The van der Waals surface area contributed by atoms with Crippen LogP contribution in [0.2, 0.25) is 0 Å². The fourth-order valence-corrected chi connectivity index (χ4v) is 2.97. The average Bonchev–Trinajstić information content (AvgIpc) is 2.36. The van der Waals surface area contributed by atoms with Crippen LogP contribution in [0.15, 0.2) is 29.2 Å². The van der Waals surface area contributed by atoms with Crippen molar-refractivity contribution in [1.29, 1.82) is 0 Å². The maximum Gasteiger partial charge on any atom is 0.407 e. The fraction of sp³-hybridized carbons (Fsp3) is 0.467. The Bertz CT molecular complexity index is 677. The molecule has 0 saturated heterocycles. The smallest absolute Gasteiger partial charge is 0.407 e. The molecule has 1 aromatic rings. The Kier molecular flexibility index (Phi) is 6.14. The number of benzene rings is 1. The molecule has 128 valence electrons. The van der Waals surface area contributed by atoms with E-state index in [9.17, 15) is 18.0 Å². The highest BCUT2D eigenvalue weighted by molar-refractivity contribution is 7.90. The van der Waals surface area contributed by atoms with Crippen molar-refractivity contribution in [1.82, 2.24) is 10.0 Å². The summed E-state index contributed by atoms with van der Waals surface area (Å²) in [6, 6.07) is 6.35. The third kappa shape index (κ3) is 6.68. The topological polar surface area (TPSA) is 102 Å². The van der Waals surface area contributed by atoms with Gasteiger partial charge in [-0.15, -0.1) is 0 Å². The molecule has 1 rings (SSSR count). The summed E-state index contributed by atoms with van der Waals surface area (Å²) in [5.74, 6) is -0.704. The molecule has 7 nitrogen and oxygen atoms in total. The molecule has 0 saturated carbocycles. The first-order chi connectivity index (χ1) is 10.5. The van der Waals surface area contributed by atoms with E-state index in [0.717, 1.165) is 0 Å². The van der Waals surface area contributed by atoms with Crippen LogP contribution in [-0.4, -0.2) is 32.6 Å². The number of ether oxygens (including phenoxy) is 1. The van der Waals surface area contributed by atoms with Gasteiger partial charge in [-0.1, -0.05) is 18.2 Å². The van der Waals surface area contributed by atoms with Gasteiger partial charge in [0.1, 0.15) is 5.60 Å². The normalized spacial score (nSPS) is 11.7. The van der Waals surface area contributed by atoms with Crippen LogP contribution in [0.25, 0.3) is 0 Å². The summed E-state index contributed by atoms with van der Waals surface area (Å²) in [5.41, 5.74) is -0.0970. The van der Waals surface area contributed by atoms with Gasteiger partial charge < -0.3 is 10.1 Å². The molecule has 0 spiro atoms. The summed E-state index contributed by atoms with van der Waals surface area (Å²) in [6.45, 7) is 6.77. The van der Waals surface area contributed by atoms with E-state index >= 15 is 0 Å². The lowest BCUT2D eigenvalue weighted by molar-refractivity contribution is -0.119. The van der Waals surface area contributed by atoms with E-state index in [1.807, 2.05) is 4.72 Å². The zero-order valence-corrected chi connectivity index (χ0v) is 14.5. The van der Waals surface area contributed by atoms with Crippen LogP contribution in [-0.2, 0) is 19.6 Å². The van der Waals surface area contributed by atoms with E-state index in [-0.39, 0.29) is 17.9 Å². The minimum atomic E-state index is -3.91. The summed E-state index contributed by atoms with van der Waals surface area (Å²) in [6.07, 6.45) is -0.836. The second-order valence-corrected chi connectivity index (χ2v) is 7.62. The van der Waals surface area contributed by atoms with Gasteiger partial charge in [0.25, 0.3) is 10.0 Å². The Labute approximate surface area is 136 Å². The van der Waals surface area contributed by atoms with E-state index in [1.165, 1.54) is 6.07 Å². The van der Waals surface area contributed by atoms with Gasteiger partial charge in [-0.05, 0) is 39.3 Å². The molecule has 2 N–H and O–H groups in total. The molecular formula is C15H22N2O5S. The number of aryl methyl sites for hydroxylation is 1. The SMILES string of the molecule is Cc1ccccc1S(=O)(=O)NC(=O)CCNC(=O)OC(C)(C)C. The van der Waals surface area contributed by atoms with Crippen molar-refractivity contribution in [2.75, 3.05) is 6.54 Å². The highest BCUT2D eigenvalue weighted by Gasteiger charge is 2.20. The number of nitrogens with one attached hydrogen (secondary N) is 2. The number of sulfonamides is 1. The van der Waals surface area contributed by atoms with Crippen LogP contribution in [0, 0.1) is 6.92 Å². The summed E-state index contributed by atoms with van der Waals surface area (Å²) in [7, 11) is -3.91. The molecule has 0 aliphatic rings. The minimum absolute atomic E-state index is 0.0238. The number of hydrogen-bond donors (Lipinski definition) is 2. The van der Waals surface area contributed by atoms with Crippen molar-refractivity contribution in [2.45, 2.75) is 44.6 Å². The summed E-state index contributed by atoms with van der Waals surface area (Å²) in [4.78, 5) is 23.2. The molecule has 0 aliphatic heterocycles. The number of carbonyl (C=O) groups is 2. The maximum absolute atomic E-state index is 12.1. The molecule has 0 fully saturated rings. The van der Waals surface area contributed by atoms with Crippen molar-refractivity contribution >= 4 is 22.0 Å². The molecule has 0 aromatic heterocycles. The van der Waals surface area contributed by atoms with E-state index in [2.05, 4.69) is 5.32 Å². The van der Waals surface area contributed by atoms with Gasteiger partial charge in [0.05, 0.1) is 4.90 Å². The van der Waals surface area contributed by atoms with Crippen LogP contribution in [0.3, 0.4) is 0 Å². The Morgan fingerprint density at radius 2 is 1.78 bits per heavy atom. The van der Waals surface area contributed by atoms with Crippen molar-refractivity contribution in [3.8, 4) is 0 Å². The monoisotopic (exact) mass is 342 g/mol. The van der Waals surface area contributed by atoms with Crippen molar-refractivity contribution in [3.05, 3.63) is 29.8 Å². The molecule has 0 radical (unpaired) electrons. The summed E-state index contributed by atoms with van der Waals surface area (Å²) >= 11 is 0. The van der Waals surface area contributed by atoms with Gasteiger partial charge in [0.2, 0.25) is 5.91 Å². The second-order valence-electron chi connectivity index (χ2n) is 5.97. The molecule has 0 bridgehead atoms. The van der Waals surface area contributed by atoms with Gasteiger partial charge >= 0.3 is 6.09 Å².